The van der Waals surface area contributed by atoms with E-state index in [0.717, 1.165) is 42.3 Å². The maximum atomic E-state index is 13.9. The minimum Gasteiger partial charge on any atom is -0.494 e. The molecule has 136 valence electrons. The second-order valence-corrected chi connectivity index (χ2v) is 7.18. The molecule has 3 heterocycles. The Morgan fingerprint density at radius 1 is 1.31 bits per heavy atom. The number of nitrogens with one attached hydrogen (secondary N) is 1. The lowest BCUT2D eigenvalue weighted by Crippen LogP contribution is -2.29. The molecule has 26 heavy (non-hydrogen) atoms. The number of hydrogen-bond acceptors (Lipinski definition) is 7. The summed E-state index contributed by atoms with van der Waals surface area (Å²) < 4.78 is 21.0. The van der Waals surface area contributed by atoms with Crippen molar-refractivity contribution in [3.05, 3.63) is 30.1 Å². The molecule has 0 saturated carbocycles. The van der Waals surface area contributed by atoms with Crippen molar-refractivity contribution in [2.75, 3.05) is 20.2 Å². The standard InChI is InChI=1S/C17H19FN6OS/c1-24-15(10-4-3-5-19-8-10)22-23-17(24)26-16-11-6-14(25-2)12(18)7-13(11)20-9-21-16/h6-7,9-10,19H,3-5,8H2,1-2H3. The molecule has 4 rings (SSSR count). The molecular weight excluding hydrogens is 355 g/mol. The van der Waals surface area contributed by atoms with E-state index in [2.05, 4.69) is 25.5 Å². The van der Waals surface area contributed by atoms with Gasteiger partial charge in [0.15, 0.2) is 16.7 Å². The summed E-state index contributed by atoms with van der Waals surface area (Å²) >= 11 is 1.39. The van der Waals surface area contributed by atoms with Gasteiger partial charge in [-0.25, -0.2) is 14.4 Å². The Bertz CT molecular complexity index is 940. The quantitative estimate of drug-likeness (QED) is 0.703. The SMILES string of the molecule is COc1cc2c(Sc3nnc(C4CCCNC4)n3C)ncnc2cc1F. The minimum atomic E-state index is -0.444. The number of hydrogen-bond donors (Lipinski definition) is 1. The van der Waals surface area contributed by atoms with Gasteiger partial charge in [-0.15, -0.1) is 10.2 Å². The Morgan fingerprint density at radius 3 is 2.96 bits per heavy atom. The van der Waals surface area contributed by atoms with Crippen LogP contribution in [0.15, 0.2) is 28.6 Å². The van der Waals surface area contributed by atoms with Crippen LogP contribution in [0.3, 0.4) is 0 Å². The van der Waals surface area contributed by atoms with E-state index in [4.69, 9.17) is 4.74 Å². The second kappa shape index (κ2) is 7.16. The first-order valence-electron chi connectivity index (χ1n) is 8.43. The summed E-state index contributed by atoms with van der Waals surface area (Å²) in [7, 11) is 3.41. The first-order valence-corrected chi connectivity index (χ1v) is 9.25. The van der Waals surface area contributed by atoms with E-state index < -0.39 is 5.82 Å². The molecule has 7 nitrogen and oxygen atoms in total. The van der Waals surface area contributed by atoms with Gasteiger partial charge in [0.1, 0.15) is 17.2 Å². The number of fused-ring (bicyclic) bond motifs is 1. The third-order valence-electron chi connectivity index (χ3n) is 4.59. The Balaban J connectivity index is 1.68. The number of piperidine rings is 1. The van der Waals surface area contributed by atoms with Crippen molar-refractivity contribution in [2.45, 2.75) is 28.9 Å². The smallest absolute Gasteiger partial charge is 0.197 e. The zero-order valence-electron chi connectivity index (χ0n) is 14.6. The number of benzene rings is 1. The molecule has 1 aromatic carbocycles. The molecule has 1 atom stereocenters. The Morgan fingerprint density at radius 2 is 2.19 bits per heavy atom. The van der Waals surface area contributed by atoms with Crippen LogP contribution in [-0.4, -0.2) is 44.9 Å². The number of aromatic nitrogens is 5. The number of halogens is 1. The van der Waals surface area contributed by atoms with Crippen molar-refractivity contribution in [1.29, 1.82) is 0 Å². The van der Waals surface area contributed by atoms with Gasteiger partial charge in [0.25, 0.3) is 0 Å². The average molecular weight is 374 g/mol. The first kappa shape index (κ1) is 17.2. The molecule has 0 bridgehead atoms. The molecule has 1 saturated heterocycles. The fraction of sp³-hybridized carbons (Fsp3) is 0.412. The molecule has 2 aromatic heterocycles. The highest BCUT2D eigenvalue weighted by atomic mass is 32.2. The monoisotopic (exact) mass is 374 g/mol. The molecule has 0 amide bonds. The molecule has 0 spiro atoms. The maximum Gasteiger partial charge on any atom is 0.197 e. The van der Waals surface area contributed by atoms with Crippen molar-refractivity contribution < 1.29 is 9.13 Å². The van der Waals surface area contributed by atoms with Gasteiger partial charge in [-0.2, -0.15) is 0 Å². The fourth-order valence-electron chi connectivity index (χ4n) is 3.20. The summed E-state index contributed by atoms with van der Waals surface area (Å²) in [5.74, 6) is 1.06. The fourth-order valence-corrected chi connectivity index (χ4v) is 4.06. The lowest BCUT2D eigenvalue weighted by Gasteiger charge is -2.21. The molecule has 0 radical (unpaired) electrons. The summed E-state index contributed by atoms with van der Waals surface area (Å²) in [4.78, 5) is 8.50. The van der Waals surface area contributed by atoms with Crippen molar-refractivity contribution in [1.82, 2.24) is 30.0 Å². The Hall–Kier alpha value is -2.26. The largest absolute Gasteiger partial charge is 0.494 e. The summed E-state index contributed by atoms with van der Waals surface area (Å²) in [6.07, 6.45) is 3.68. The molecule has 9 heteroatoms. The first-order chi connectivity index (χ1) is 12.7. The van der Waals surface area contributed by atoms with Crippen molar-refractivity contribution in [2.24, 2.45) is 7.05 Å². The van der Waals surface area contributed by atoms with Gasteiger partial charge >= 0.3 is 0 Å². The molecule has 0 aliphatic carbocycles. The van der Waals surface area contributed by atoms with Crippen LogP contribution < -0.4 is 10.1 Å². The van der Waals surface area contributed by atoms with Gasteiger partial charge in [0.2, 0.25) is 0 Å². The molecule has 1 aliphatic rings. The number of methoxy groups -OCH3 is 1. The lowest BCUT2D eigenvalue weighted by molar-refractivity contribution is 0.387. The van der Waals surface area contributed by atoms with Crippen LogP contribution in [0.4, 0.5) is 4.39 Å². The van der Waals surface area contributed by atoms with Crippen LogP contribution in [0, 0.1) is 5.82 Å². The number of rotatable bonds is 4. The van der Waals surface area contributed by atoms with Crippen molar-refractivity contribution >= 4 is 22.7 Å². The van der Waals surface area contributed by atoms with Gasteiger partial charge in [-0.05, 0) is 37.2 Å². The zero-order chi connectivity index (χ0) is 18.1. The lowest BCUT2D eigenvalue weighted by atomic mass is 9.99. The van der Waals surface area contributed by atoms with E-state index in [0.29, 0.717) is 16.5 Å². The summed E-state index contributed by atoms with van der Waals surface area (Å²) in [5.41, 5.74) is 0.527. The van der Waals surface area contributed by atoms with Gasteiger partial charge in [-0.3, -0.25) is 0 Å². The normalized spacial score (nSPS) is 17.6. The summed E-state index contributed by atoms with van der Waals surface area (Å²) in [5, 5.41) is 14.3. The van der Waals surface area contributed by atoms with Crippen LogP contribution in [-0.2, 0) is 7.05 Å². The Labute approximate surface area is 154 Å². The Kier molecular flexibility index (Phi) is 4.73. The van der Waals surface area contributed by atoms with E-state index in [1.165, 1.54) is 31.3 Å². The molecule has 1 unspecified atom stereocenters. The number of nitrogens with zero attached hydrogens (tertiary/aromatic N) is 5. The third-order valence-corrected chi connectivity index (χ3v) is 5.65. The van der Waals surface area contributed by atoms with E-state index in [-0.39, 0.29) is 5.75 Å². The van der Waals surface area contributed by atoms with Crippen LogP contribution in [0.2, 0.25) is 0 Å². The van der Waals surface area contributed by atoms with Crippen LogP contribution in [0.1, 0.15) is 24.6 Å². The van der Waals surface area contributed by atoms with E-state index >= 15 is 0 Å². The second-order valence-electron chi connectivity index (χ2n) is 6.23. The zero-order valence-corrected chi connectivity index (χ0v) is 15.4. The predicted molar refractivity (Wildman–Crippen MR) is 96.0 cm³/mol. The van der Waals surface area contributed by atoms with Crippen LogP contribution in [0.5, 0.6) is 5.75 Å². The van der Waals surface area contributed by atoms with Gasteiger partial charge in [0.05, 0.1) is 12.6 Å². The highest BCUT2D eigenvalue weighted by Gasteiger charge is 2.22. The maximum absolute atomic E-state index is 13.9. The molecule has 1 fully saturated rings. The molecule has 1 N–H and O–H groups in total. The van der Waals surface area contributed by atoms with Gasteiger partial charge in [-0.1, -0.05) is 0 Å². The van der Waals surface area contributed by atoms with Gasteiger partial charge in [0, 0.05) is 31.0 Å². The van der Waals surface area contributed by atoms with E-state index in [9.17, 15) is 4.39 Å². The molecular formula is C17H19FN6OS. The highest BCUT2D eigenvalue weighted by molar-refractivity contribution is 7.99. The van der Waals surface area contributed by atoms with Crippen LogP contribution >= 0.6 is 11.8 Å². The van der Waals surface area contributed by atoms with Gasteiger partial charge < -0.3 is 14.6 Å². The van der Waals surface area contributed by atoms with Crippen LogP contribution in [0.25, 0.3) is 10.9 Å². The van der Waals surface area contributed by atoms with Crippen molar-refractivity contribution in [3.8, 4) is 5.75 Å². The topological polar surface area (TPSA) is 77.8 Å². The minimum absolute atomic E-state index is 0.168. The highest BCUT2D eigenvalue weighted by Crippen LogP contribution is 2.34. The van der Waals surface area contributed by atoms with E-state index in [1.807, 2.05) is 11.6 Å². The van der Waals surface area contributed by atoms with E-state index in [1.54, 1.807) is 6.07 Å². The predicted octanol–water partition coefficient (Wildman–Crippen LogP) is 2.52. The molecule has 3 aromatic rings. The number of ether oxygens (including phenoxy) is 1. The molecule has 1 aliphatic heterocycles. The third kappa shape index (κ3) is 3.12. The van der Waals surface area contributed by atoms with Crippen molar-refractivity contribution in [3.63, 3.8) is 0 Å². The summed E-state index contributed by atoms with van der Waals surface area (Å²) in [6, 6.07) is 2.98. The average Bonchev–Trinajstić information content (AvgIpc) is 3.02. The summed E-state index contributed by atoms with van der Waals surface area (Å²) in [6.45, 7) is 1.98.